The Morgan fingerprint density at radius 3 is 2.87 bits per heavy atom. The second-order valence-electron chi connectivity index (χ2n) is 3.48. The van der Waals surface area contributed by atoms with E-state index in [-0.39, 0.29) is 5.69 Å². The fourth-order valence-corrected chi connectivity index (χ4v) is 1.07. The van der Waals surface area contributed by atoms with Gasteiger partial charge >= 0.3 is 0 Å². The van der Waals surface area contributed by atoms with Crippen molar-refractivity contribution in [3.63, 3.8) is 0 Å². The van der Waals surface area contributed by atoms with Gasteiger partial charge in [-0.05, 0) is 26.2 Å². The number of anilines is 2. The Balaban J connectivity index is 2.60. The van der Waals surface area contributed by atoms with Gasteiger partial charge in [0.25, 0.3) is 0 Å². The Kier molecular flexibility index (Phi) is 3.89. The van der Waals surface area contributed by atoms with Gasteiger partial charge in [-0.15, -0.1) is 0 Å². The van der Waals surface area contributed by atoms with Crippen molar-refractivity contribution in [3.8, 4) is 6.07 Å². The van der Waals surface area contributed by atoms with Crippen LogP contribution in [-0.4, -0.2) is 37.1 Å². The Bertz CT molecular complexity index is 367. The molecule has 0 aromatic carbocycles. The van der Waals surface area contributed by atoms with Crippen molar-refractivity contribution >= 4 is 11.5 Å². The number of hydrogen-bond acceptors (Lipinski definition) is 5. The molecular weight excluding hydrogens is 190 g/mol. The van der Waals surface area contributed by atoms with Crippen molar-refractivity contribution in [1.29, 1.82) is 5.26 Å². The average molecular weight is 205 g/mol. The van der Waals surface area contributed by atoms with Crippen LogP contribution >= 0.6 is 0 Å². The molecule has 0 aliphatic heterocycles. The molecular formula is C10H15N5. The summed E-state index contributed by atoms with van der Waals surface area (Å²) in [5, 5.41) is 11.8. The van der Waals surface area contributed by atoms with E-state index in [0.29, 0.717) is 11.5 Å². The van der Waals surface area contributed by atoms with Gasteiger partial charge in [-0.2, -0.15) is 5.26 Å². The minimum Gasteiger partial charge on any atom is -0.396 e. The molecule has 15 heavy (non-hydrogen) atoms. The van der Waals surface area contributed by atoms with Crippen molar-refractivity contribution < 1.29 is 0 Å². The molecule has 0 amide bonds. The first-order valence-electron chi connectivity index (χ1n) is 4.68. The van der Waals surface area contributed by atoms with Crippen molar-refractivity contribution in [2.45, 2.75) is 0 Å². The number of nitrogens with zero attached hydrogens (tertiary/aromatic N) is 3. The predicted molar refractivity (Wildman–Crippen MR) is 60.4 cm³/mol. The molecule has 0 unspecified atom stereocenters. The zero-order valence-electron chi connectivity index (χ0n) is 8.99. The highest BCUT2D eigenvalue weighted by Crippen LogP contribution is 2.11. The minimum absolute atomic E-state index is 0.268. The van der Waals surface area contributed by atoms with Crippen LogP contribution in [0.5, 0.6) is 0 Å². The summed E-state index contributed by atoms with van der Waals surface area (Å²) in [6.07, 6.45) is 0. The van der Waals surface area contributed by atoms with Crippen LogP contribution in [0.2, 0.25) is 0 Å². The lowest BCUT2D eigenvalue weighted by Gasteiger charge is -2.11. The maximum absolute atomic E-state index is 8.73. The summed E-state index contributed by atoms with van der Waals surface area (Å²) in [4.78, 5) is 6.14. The number of nitrogens with two attached hydrogens (primary N) is 1. The molecule has 1 aromatic rings. The van der Waals surface area contributed by atoms with Crippen LogP contribution in [0.1, 0.15) is 5.69 Å². The zero-order chi connectivity index (χ0) is 11.3. The molecule has 80 valence electrons. The molecule has 3 N–H and O–H groups in total. The second kappa shape index (κ2) is 5.17. The molecule has 0 aliphatic rings. The lowest BCUT2D eigenvalue weighted by molar-refractivity contribution is 0.425. The Hall–Kier alpha value is -1.80. The van der Waals surface area contributed by atoms with Gasteiger partial charge in [0.1, 0.15) is 11.9 Å². The van der Waals surface area contributed by atoms with Crippen LogP contribution < -0.4 is 11.1 Å². The van der Waals surface area contributed by atoms with E-state index in [2.05, 4.69) is 15.2 Å². The SMILES string of the molecule is CN(C)CCNc1ccc(N)c(C#N)n1. The van der Waals surface area contributed by atoms with Crippen molar-refractivity contribution in [2.24, 2.45) is 0 Å². The Labute approximate surface area is 89.5 Å². The first kappa shape index (κ1) is 11.3. The van der Waals surface area contributed by atoms with Gasteiger partial charge in [0.15, 0.2) is 5.69 Å². The number of aromatic nitrogens is 1. The van der Waals surface area contributed by atoms with Gasteiger partial charge in [-0.1, -0.05) is 0 Å². The maximum Gasteiger partial charge on any atom is 0.165 e. The quantitative estimate of drug-likeness (QED) is 0.748. The van der Waals surface area contributed by atoms with Crippen molar-refractivity contribution in [2.75, 3.05) is 38.2 Å². The summed E-state index contributed by atoms with van der Waals surface area (Å²) in [6, 6.07) is 5.40. The molecule has 0 bridgehead atoms. The maximum atomic E-state index is 8.73. The van der Waals surface area contributed by atoms with E-state index in [0.717, 1.165) is 13.1 Å². The molecule has 0 aliphatic carbocycles. The number of nitrogens with one attached hydrogen (secondary N) is 1. The highest BCUT2D eigenvalue weighted by Gasteiger charge is 2.01. The largest absolute Gasteiger partial charge is 0.396 e. The Morgan fingerprint density at radius 2 is 2.27 bits per heavy atom. The third-order valence-electron chi connectivity index (χ3n) is 1.90. The van der Waals surface area contributed by atoms with E-state index in [1.54, 1.807) is 12.1 Å². The number of nitrogen functional groups attached to an aromatic ring is 1. The summed E-state index contributed by atoms with van der Waals surface area (Å²) in [5.74, 6) is 0.683. The molecule has 0 saturated heterocycles. The molecule has 1 rings (SSSR count). The minimum atomic E-state index is 0.268. The first-order valence-corrected chi connectivity index (χ1v) is 4.68. The zero-order valence-corrected chi connectivity index (χ0v) is 8.99. The van der Waals surface area contributed by atoms with Crippen molar-refractivity contribution in [3.05, 3.63) is 17.8 Å². The van der Waals surface area contributed by atoms with Gasteiger partial charge in [0.2, 0.25) is 0 Å². The molecule has 5 nitrogen and oxygen atoms in total. The van der Waals surface area contributed by atoms with Crippen LogP contribution in [0.15, 0.2) is 12.1 Å². The summed E-state index contributed by atoms with van der Waals surface area (Å²) in [7, 11) is 4.00. The lowest BCUT2D eigenvalue weighted by atomic mass is 10.3. The van der Waals surface area contributed by atoms with Crippen LogP contribution in [0.3, 0.4) is 0 Å². The molecule has 0 radical (unpaired) electrons. The third kappa shape index (κ3) is 3.44. The average Bonchev–Trinajstić information content (AvgIpc) is 2.20. The van der Waals surface area contributed by atoms with E-state index in [9.17, 15) is 0 Å². The second-order valence-corrected chi connectivity index (χ2v) is 3.48. The number of hydrogen-bond donors (Lipinski definition) is 2. The van der Waals surface area contributed by atoms with Gasteiger partial charge in [-0.3, -0.25) is 0 Å². The summed E-state index contributed by atoms with van der Waals surface area (Å²) in [6.45, 7) is 1.70. The molecule has 0 fully saturated rings. The number of likely N-dealkylation sites (N-methyl/N-ethyl adjacent to an activating group) is 1. The van der Waals surface area contributed by atoms with E-state index in [1.165, 1.54) is 0 Å². The lowest BCUT2D eigenvalue weighted by Crippen LogP contribution is -2.21. The van der Waals surface area contributed by atoms with Crippen molar-refractivity contribution in [1.82, 2.24) is 9.88 Å². The summed E-state index contributed by atoms with van der Waals surface area (Å²) >= 11 is 0. The summed E-state index contributed by atoms with van der Waals surface area (Å²) in [5.41, 5.74) is 6.24. The van der Waals surface area contributed by atoms with E-state index >= 15 is 0 Å². The van der Waals surface area contributed by atoms with E-state index < -0.39 is 0 Å². The predicted octanol–water partition coefficient (Wildman–Crippen LogP) is 0.509. The molecule has 5 heteroatoms. The van der Waals surface area contributed by atoms with Crippen LogP contribution in [0.25, 0.3) is 0 Å². The number of pyridine rings is 1. The van der Waals surface area contributed by atoms with Gasteiger partial charge < -0.3 is 16.0 Å². The Morgan fingerprint density at radius 1 is 1.53 bits per heavy atom. The number of rotatable bonds is 4. The van der Waals surface area contributed by atoms with Crippen LogP contribution in [-0.2, 0) is 0 Å². The number of nitriles is 1. The van der Waals surface area contributed by atoms with Crippen LogP contribution in [0, 0.1) is 11.3 Å². The molecule has 0 spiro atoms. The molecule has 0 atom stereocenters. The van der Waals surface area contributed by atoms with E-state index in [1.807, 2.05) is 20.2 Å². The molecule has 0 saturated carbocycles. The summed E-state index contributed by atoms with van der Waals surface area (Å²) < 4.78 is 0. The standard InChI is InChI=1S/C10H15N5/c1-15(2)6-5-13-10-4-3-8(12)9(7-11)14-10/h3-4H,5-6,12H2,1-2H3,(H,13,14). The normalized spacial score (nSPS) is 10.0. The van der Waals surface area contributed by atoms with Gasteiger partial charge in [-0.25, -0.2) is 4.98 Å². The highest BCUT2D eigenvalue weighted by atomic mass is 15.1. The molecule has 1 heterocycles. The fraction of sp³-hybridized carbons (Fsp3) is 0.400. The highest BCUT2D eigenvalue weighted by molar-refractivity contribution is 5.54. The third-order valence-corrected chi connectivity index (χ3v) is 1.90. The monoisotopic (exact) mass is 205 g/mol. The smallest absolute Gasteiger partial charge is 0.165 e. The van der Waals surface area contributed by atoms with Gasteiger partial charge in [0.05, 0.1) is 5.69 Å². The first-order chi connectivity index (χ1) is 7.13. The fourth-order valence-electron chi connectivity index (χ4n) is 1.07. The van der Waals surface area contributed by atoms with Crippen LogP contribution in [0.4, 0.5) is 11.5 Å². The van der Waals surface area contributed by atoms with E-state index in [4.69, 9.17) is 11.0 Å². The topological polar surface area (TPSA) is 78.0 Å². The molecule has 1 aromatic heterocycles. The van der Waals surface area contributed by atoms with Gasteiger partial charge in [0, 0.05) is 13.1 Å².